The van der Waals surface area contributed by atoms with Crippen LogP contribution in [0.4, 0.5) is 9.18 Å². The van der Waals surface area contributed by atoms with E-state index >= 15 is 0 Å². The smallest absolute Gasteiger partial charge is 0.410 e. The molecule has 0 aromatic heterocycles. The maximum Gasteiger partial charge on any atom is 0.410 e. The van der Waals surface area contributed by atoms with Crippen molar-refractivity contribution in [3.8, 4) is 0 Å². The van der Waals surface area contributed by atoms with Crippen LogP contribution in [0.15, 0.2) is 48.5 Å². The predicted octanol–water partition coefficient (Wildman–Crippen LogP) is 4.58. The number of halogens is 1. The van der Waals surface area contributed by atoms with Crippen LogP contribution in [-0.4, -0.2) is 35.6 Å². The number of rotatable bonds is 4. The number of nitrogens with zero attached hydrogens (tertiary/aromatic N) is 1. The van der Waals surface area contributed by atoms with E-state index in [1.165, 1.54) is 12.1 Å². The van der Waals surface area contributed by atoms with Gasteiger partial charge in [-0.25, -0.2) is 9.18 Å². The molecule has 0 radical (unpaired) electrons. The minimum Gasteiger partial charge on any atom is -0.444 e. The summed E-state index contributed by atoms with van der Waals surface area (Å²) in [6.07, 6.45) is 0.186. The second-order valence-electron chi connectivity index (χ2n) is 8.83. The third-order valence-electron chi connectivity index (χ3n) is 5.38. The molecule has 0 heterocycles. The van der Waals surface area contributed by atoms with Gasteiger partial charge in [0.1, 0.15) is 11.4 Å². The molecule has 30 heavy (non-hydrogen) atoms. The van der Waals surface area contributed by atoms with Gasteiger partial charge >= 0.3 is 6.09 Å². The summed E-state index contributed by atoms with van der Waals surface area (Å²) in [4.78, 5) is 27.3. The Labute approximate surface area is 177 Å². The molecule has 1 N–H and O–H groups in total. The highest BCUT2D eigenvalue weighted by Crippen LogP contribution is 2.36. The minimum atomic E-state index is -0.612. The highest BCUT2D eigenvalue weighted by Gasteiger charge is 2.39. The second kappa shape index (κ2) is 8.46. The van der Waals surface area contributed by atoms with E-state index in [9.17, 15) is 14.0 Å². The van der Waals surface area contributed by atoms with E-state index in [1.807, 2.05) is 45.0 Å². The van der Waals surface area contributed by atoms with Gasteiger partial charge in [0, 0.05) is 7.05 Å². The van der Waals surface area contributed by atoms with Gasteiger partial charge in [0.2, 0.25) is 5.91 Å². The van der Waals surface area contributed by atoms with Crippen molar-refractivity contribution in [1.82, 2.24) is 10.2 Å². The van der Waals surface area contributed by atoms with E-state index in [0.29, 0.717) is 6.42 Å². The standard InChI is InChI=1S/C24H29FN2O3/c1-15(16-10-12-18(25)13-11-16)22(28)26-20-14-17-8-6-7-9-19(17)21(20)27(5)23(29)30-24(2,3)4/h6-13,15,20-21H,14H2,1-5H3,(H,26,28)/t15-,20-,21-/m0/s1. The molecule has 0 unspecified atom stereocenters. The van der Waals surface area contributed by atoms with E-state index in [4.69, 9.17) is 4.74 Å². The second-order valence-corrected chi connectivity index (χ2v) is 8.83. The Bertz CT molecular complexity index is 921. The van der Waals surface area contributed by atoms with Crippen LogP contribution in [0.25, 0.3) is 0 Å². The topological polar surface area (TPSA) is 58.6 Å². The fourth-order valence-electron chi connectivity index (χ4n) is 3.84. The molecule has 0 saturated carbocycles. The lowest BCUT2D eigenvalue weighted by Gasteiger charge is -2.33. The zero-order chi connectivity index (χ0) is 22.1. The van der Waals surface area contributed by atoms with Crippen molar-refractivity contribution in [3.63, 3.8) is 0 Å². The zero-order valence-corrected chi connectivity index (χ0v) is 18.1. The summed E-state index contributed by atoms with van der Waals surface area (Å²) in [5.74, 6) is -0.944. The van der Waals surface area contributed by atoms with Crippen LogP contribution in [-0.2, 0) is 16.0 Å². The SMILES string of the molecule is C[C@H](C(=O)N[C@H]1Cc2ccccc2[C@@H]1N(C)C(=O)OC(C)(C)C)c1ccc(F)cc1. The van der Waals surface area contributed by atoms with Crippen LogP contribution in [0, 0.1) is 5.82 Å². The van der Waals surface area contributed by atoms with Crippen LogP contribution < -0.4 is 5.32 Å². The zero-order valence-electron chi connectivity index (χ0n) is 18.1. The summed E-state index contributed by atoms with van der Waals surface area (Å²) in [5, 5.41) is 3.11. The first-order chi connectivity index (χ1) is 14.1. The third kappa shape index (κ3) is 4.81. The van der Waals surface area contributed by atoms with E-state index < -0.39 is 17.6 Å². The largest absolute Gasteiger partial charge is 0.444 e. The van der Waals surface area contributed by atoms with Gasteiger partial charge in [0.15, 0.2) is 0 Å². The lowest BCUT2D eigenvalue weighted by atomic mass is 9.99. The van der Waals surface area contributed by atoms with Gasteiger partial charge in [-0.15, -0.1) is 0 Å². The number of hydrogen-bond acceptors (Lipinski definition) is 3. The van der Waals surface area contributed by atoms with E-state index in [1.54, 1.807) is 31.0 Å². The van der Waals surface area contributed by atoms with Gasteiger partial charge < -0.3 is 15.0 Å². The summed E-state index contributed by atoms with van der Waals surface area (Å²) in [5.41, 5.74) is 2.23. The molecule has 1 aliphatic carbocycles. The number of hydrogen-bond donors (Lipinski definition) is 1. The predicted molar refractivity (Wildman–Crippen MR) is 114 cm³/mol. The van der Waals surface area contributed by atoms with Crippen LogP contribution in [0.3, 0.4) is 0 Å². The Balaban J connectivity index is 1.81. The Hall–Kier alpha value is -2.89. The molecule has 160 valence electrons. The average molecular weight is 413 g/mol. The number of fused-ring (bicyclic) bond motifs is 1. The van der Waals surface area contributed by atoms with Gasteiger partial charge in [-0.2, -0.15) is 0 Å². The first-order valence-corrected chi connectivity index (χ1v) is 10.2. The monoisotopic (exact) mass is 412 g/mol. The third-order valence-corrected chi connectivity index (χ3v) is 5.38. The molecular weight excluding hydrogens is 383 g/mol. The maximum atomic E-state index is 13.2. The van der Waals surface area contributed by atoms with Gasteiger partial charge in [-0.05, 0) is 62.9 Å². The molecule has 0 spiro atoms. The van der Waals surface area contributed by atoms with E-state index in [2.05, 4.69) is 5.32 Å². The number of ether oxygens (including phenoxy) is 1. The molecule has 3 atom stereocenters. The van der Waals surface area contributed by atoms with E-state index in [0.717, 1.165) is 16.7 Å². The number of nitrogens with one attached hydrogen (secondary N) is 1. The van der Waals surface area contributed by atoms with Gasteiger partial charge in [-0.1, -0.05) is 36.4 Å². The number of carbonyl (C=O) groups excluding carboxylic acids is 2. The maximum absolute atomic E-state index is 13.2. The summed E-state index contributed by atoms with van der Waals surface area (Å²) in [7, 11) is 1.70. The summed E-state index contributed by atoms with van der Waals surface area (Å²) < 4.78 is 18.8. The van der Waals surface area contributed by atoms with Crippen molar-refractivity contribution < 1.29 is 18.7 Å². The Morgan fingerprint density at radius 1 is 1.13 bits per heavy atom. The Kier molecular flexibility index (Phi) is 6.15. The van der Waals surface area contributed by atoms with Crippen molar-refractivity contribution in [2.24, 2.45) is 0 Å². The Morgan fingerprint density at radius 2 is 1.77 bits per heavy atom. The molecule has 3 rings (SSSR count). The van der Waals surface area contributed by atoms with Crippen LogP contribution in [0.5, 0.6) is 0 Å². The fraction of sp³-hybridized carbons (Fsp3) is 0.417. The number of amides is 2. The van der Waals surface area contributed by atoms with Crippen molar-refractivity contribution in [2.75, 3.05) is 7.05 Å². The summed E-state index contributed by atoms with van der Waals surface area (Å²) in [6.45, 7) is 7.26. The van der Waals surface area contributed by atoms with Crippen LogP contribution in [0.2, 0.25) is 0 Å². The van der Waals surface area contributed by atoms with Crippen LogP contribution >= 0.6 is 0 Å². The molecule has 1 aliphatic rings. The molecule has 5 nitrogen and oxygen atoms in total. The molecular formula is C24H29FN2O3. The van der Waals surface area contributed by atoms with Gasteiger partial charge in [0.25, 0.3) is 0 Å². The number of benzene rings is 2. The van der Waals surface area contributed by atoms with Gasteiger partial charge in [-0.3, -0.25) is 4.79 Å². The molecule has 0 bridgehead atoms. The molecule has 0 fully saturated rings. The quantitative estimate of drug-likeness (QED) is 0.800. The number of carbonyl (C=O) groups is 2. The van der Waals surface area contributed by atoms with Crippen molar-refractivity contribution >= 4 is 12.0 Å². The molecule has 0 aliphatic heterocycles. The normalized spacial score (nSPS) is 19.0. The lowest BCUT2D eigenvalue weighted by molar-refractivity contribution is -0.123. The molecule has 2 amide bonds. The molecule has 0 saturated heterocycles. The van der Waals surface area contributed by atoms with Crippen molar-refractivity contribution in [2.45, 2.75) is 57.7 Å². The lowest BCUT2D eigenvalue weighted by Crippen LogP contribution is -2.47. The summed E-state index contributed by atoms with van der Waals surface area (Å²) in [6, 6.07) is 13.2. The van der Waals surface area contributed by atoms with Crippen molar-refractivity contribution in [1.29, 1.82) is 0 Å². The molecule has 6 heteroatoms. The molecule has 2 aromatic carbocycles. The molecule has 2 aromatic rings. The van der Waals surface area contributed by atoms with Crippen LogP contribution in [0.1, 0.15) is 56.3 Å². The highest BCUT2D eigenvalue weighted by molar-refractivity contribution is 5.84. The van der Waals surface area contributed by atoms with Gasteiger partial charge in [0.05, 0.1) is 18.0 Å². The van der Waals surface area contributed by atoms with Crippen molar-refractivity contribution in [3.05, 3.63) is 71.0 Å². The number of likely N-dealkylation sites (N-methyl/N-ethyl adjacent to an activating group) is 1. The first-order valence-electron chi connectivity index (χ1n) is 10.2. The average Bonchev–Trinajstić information content (AvgIpc) is 3.03. The summed E-state index contributed by atoms with van der Waals surface area (Å²) >= 11 is 0. The highest BCUT2D eigenvalue weighted by atomic mass is 19.1. The van der Waals surface area contributed by atoms with E-state index in [-0.39, 0.29) is 23.8 Å². The minimum absolute atomic E-state index is 0.165. The Morgan fingerprint density at radius 3 is 2.40 bits per heavy atom. The fourth-order valence-corrected chi connectivity index (χ4v) is 3.84. The first kappa shape index (κ1) is 21.8.